The number of anilines is 1. The van der Waals surface area contributed by atoms with Gasteiger partial charge in [0.15, 0.2) is 9.84 Å². The van der Waals surface area contributed by atoms with Crippen LogP contribution in [0, 0.1) is 0 Å². The number of rotatable bonds is 7. The number of para-hydroxylation sites is 1. The number of aromatic hydroxyl groups is 1. The van der Waals surface area contributed by atoms with Gasteiger partial charge in [0.05, 0.1) is 36.2 Å². The molecule has 4 aromatic rings. The topological polar surface area (TPSA) is 115 Å². The lowest BCUT2D eigenvalue weighted by Gasteiger charge is -2.37. The molecular formula is C29H28N4O5S. The van der Waals surface area contributed by atoms with Crippen molar-refractivity contribution in [3.05, 3.63) is 77.9 Å². The lowest BCUT2D eigenvalue weighted by molar-refractivity contribution is -0.126. The molecule has 0 atom stereocenters. The number of methoxy groups -OCH3 is 1. The van der Waals surface area contributed by atoms with Gasteiger partial charge in [-0.05, 0) is 60.4 Å². The smallest absolute Gasteiger partial charge is 0.238 e. The summed E-state index contributed by atoms with van der Waals surface area (Å²) in [5.41, 5.74) is 2.67. The highest BCUT2D eigenvalue weighted by Gasteiger charge is 2.55. The molecule has 1 fully saturated rings. The summed E-state index contributed by atoms with van der Waals surface area (Å²) in [6.45, 7) is 1.85. The summed E-state index contributed by atoms with van der Waals surface area (Å²) in [7, 11) is -2.14. The highest BCUT2D eigenvalue weighted by Crippen LogP contribution is 2.57. The number of nitrogens with zero attached hydrogens (tertiary/aromatic N) is 4. The third kappa shape index (κ3) is 3.89. The Hall–Kier alpha value is -4.18. The van der Waals surface area contributed by atoms with Gasteiger partial charge in [0, 0.05) is 5.56 Å². The summed E-state index contributed by atoms with van der Waals surface area (Å²) in [4.78, 5) is 15.5. The zero-order valence-electron chi connectivity index (χ0n) is 21.7. The summed E-state index contributed by atoms with van der Waals surface area (Å²) in [5, 5.41) is 19.5. The summed E-state index contributed by atoms with van der Waals surface area (Å²) < 4.78 is 32.8. The fraction of sp³-hybridized carbons (Fsp3) is 0.276. The second kappa shape index (κ2) is 9.23. The van der Waals surface area contributed by atoms with Crippen molar-refractivity contribution in [1.29, 1.82) is 0 Å². The molecule has 0 saturated heterocycles. The molecule has 2 aliphatic rings. The zero-order chi connectivity index (χ0) is 27.4. The minimum absolute atomic E-state index is 0.0527. The molecule has 3 aromatic carbocycles. The normalized spacial score (nSPS) is 15.8. The number of carbonyl (C=O) groups excluding carboxylic acids is 1. The number of hydrogen-bond donors (Lipinski definition) is 1. The van der Waals surface area contributed by atoms with Gasteiger partial charge < -0.3 is 14.7 Å². The first-order chi connectivity index (χ1) is 18.8. The number of ether oxygens (including phenoxy) is 1. The van der Waals surface area contributed by atoms with Gasteiger partial charge in [0.2, 0.25) is 10.9 Å². The average Bonchev–Trinajstić information content (AvgIpc) is 3.48. The van der Waals surface area contributed by atoms with E-state index >= 15 is 0 Å². The van der Waals surface area contributed by atoms with Crippen LogP contribution in [0.5, 0.6) is 11.5 Å². The predicted octanol–water partition coefficient (Wildman–Crippen LogP) is 4.41. The molecule has 1 amide bonds. The number of fused-ring (bicyclic) bond motifs is 2. The van der Waals surface area contributed by atoms with Gasteiger partial charge in [0.1, 0.15) is 17.2 Å². The summed E-state index contributed by atoms with van der Waals surface area (Å²) in [6.07, 6.45) is 2.22. The molecule has 10 heteroatoms. The summed E-state index contributed by atoms with van der Waals surface area (Å²) in [5.74, 6) is 0.427. The molecule has 1 N–H and O–H groups in total. The van der Waals surface area contributed by atoms with Crippen LogP contribution in [0.4, 0.5) is 5.69 Å². The molecular weight excluding hydrogens is 516 g/mol. The molecule has 0 unspecified atom stereocenters. The van der Waals surface area contributed by atoms with Crippen molar-refractivity contribution in [1.82, 2.24) is 15.0 Å². The van der Waals surface area contributed by atoms with Crippen molar-refractivity contribution < 1.29 is 23.1 Å². The first-order valence-corrected chi connectivity index (χ1v) is 14.5. The molecule has 39 heavy (non-hydrogen) atoms. The van der Waals surface area contributed by atoms with E-state index in [1.54, 1.807) is 31.1 Å². The molecule has 0 radical (unpaired) electrons. The molecule has 9 nitrogen and oxygen atoms in total. The minimum Gasteiger partial charge on any atom is -0.506 e. The van der Waals surface area contributed by atoms with Crippen molar-refractivity contribution in [3.63, 3.8) is 0 Å². The number of sulfone groups is 1. The van der Waals surface area contributed by atoms with Crippen molar-refractivity contribution in [2.45, 2.75) is 43.2 Å². The fourth-order valence-corrected chi connectivity index (χ4v) is 6.50. The fourth-order valence-electron chi connectivity index (χ4n) is 5.57. The van der Waals surface area contributed by atoms with Gasteiger partial charge in [-0.1, -0.05) is 48.9 Å². The first kappa shape index (κ1) is 25.1. The van der Waals surface area contributed by atoms with Crippen molar-refractivity contribution >= 4 is 21.4 Å². The molecule has 1 saturated carbocycles. The van der Waals surface area contributed by atoms with E-state index in [1.165, 1.54) is 10.7 Å². The standard InChI is InChI=1S/C29H28N4O5S/c1-3-39(36,37)27-25(33(31-30-27)21-8-5-4-6-9-21)20-16-23-26(24(34)17-20)32(28(35)29(23)14-7-15-29)18-19-10-12-22(38-2)13-11-19/h4-6,8-13,16-17,34H,3,7,14-15,18H2,1-2H3. The number of amides is 1. The van der Waals surface area contributed by atoms with Crippen LogP contribution in [0.2, 0.25) is 0 Å². The molecule has 1 spiro atoms. The van der Waals surface area contributed by atoms with E-state index in [-0.39, 0.29) is 28.1 Å². The Labute approximate surface area is 226 Å². The SMILES string of the molecule is CCS(=O)(=O)c1nnn(-c2ccccc2)c1-c1cc(O)c2c(c1)C1(CCC1)C(=O)N2Cc1ccc(OC)cc1. The maximum absolute atomic E-state index is 13.9. The van der Waals surface area contributed by atoms with Crippen LogP contribution in [0.25, 0.3) is 16.9 Å². The average molecular weight is 545 g/mol. The van der Waals surface area contributed by atoms with Gasteiger partial charge >= 0.3 is 0 Å². The van der Waals surface area contributed by atoms with Crippen molar-refractivity contribution in [3.8, 4) is 28.4 Å². The Balaban J connectivity index is 1.52. The van der Waals surface area contributed by atoms with Crippen molar-refractivity contribution in [2.24, 2.45) is 0 Å². The number of phenolic OH excluding ortho intramolecular Hbond substituents is 1. The van der Waals surface area contributed by atoms with Gasteiger partial charge in [0.25, 0.3) is 0 Å². The number of aromatic nitrogens is 3. The number of phenols is 1. The lowest BCUT2D eigenvalue weighted by atomic mass is 9.65. The molecule has 2 heterocycles. The monoisotopic (exact) mass is 544 g/mol. The maximum Gasteiger partial charge on any atom is 0.238 e. The molecule has 1 aliphatic heterocycles. The minimum atomic E-state index is -3.74. The van der Waals surface area contributed by atoms with Gasteiger partial charge in [-0.25, -0.2) is 13.1 Å². The lowest BCUT2D eigenvalue weighted by Crippen LogP contribution is -2.44. The second-order valence-electron chi connectivity index (χ2n) is 9.96. The third-order valence-corrected chi connectivity index (χ3v) is 9.45. The Morgan fingerprint density at radius 1 is 1.05 bits per heavy atom. The maximum atomic E-state index is 13.9. The zero-order valence-corrected chi connectivity index (χ0v) is 22.5. The van der Waals surface area contributed by atoms with E-state index in [0.717, 1.165) is 17.7 Å². The van der Waals surface area contributed by atoms with Gasteiger partial charge in [-0.15, -0.1) is 5.10 Å². The largest absolute Gasteiger partial charge is 0.506 e. The van der Waals surface area contributed by atoms with E-state index in [0.29, 0.717) is 41.9 Å². The Morgan fingerprint density at radius 2 is 1.77 bits per heavy atom. The molecule has 200 valence electrons. The first-order valence-electron chi connectivity index (χ1n) is 12.9. The quantitative estimate of drug-likeness (QED) is 0.367. The van der Waals surface area contributed by atoms with Crippen LogP contribution in [0.15, 0.2) is 71.8 Å². The van der Waals surface area contributed by atoms with Crippen LogP contribution in [0.3, 0.4) is 0 Å². The van der Waals surface area contributed by atoms with Gasteiger partial charge in [-0.2, -0.15) is 0 Å². The van der Waals surface area contributed by atoms with Crippen LogP contribution < -0.4 is 9.64 Å². The number of hydrogen-bond acceptors (Lipinski definition) is 7. The Bertz CT molecular complexity index is 1680. The third-order valence-electron chi connectivity index (χ3n) is 7.82. The highest BCUT2D eigenvalue weighted by atomic mass is 32.2. The highest BCUT2D eigenvalue weighted by molar-refractivity contribution is 7.91. The number of benzene rings is 3. The Morgan fingerprint density at radius 3 is 2.38 bits per heavy atom. The van der Waals surface area contributed by atoms with E-state index in [2.05, 4.69) is 10.3 Å². The van der Waals surface area contributed by atoms with E-state index in [1.807, 2.05) is 48.5 Å². The molecule has 6 rings (SSSR count). The van der Waals surface area contributed by atoms with E-state index in [4.69, 9.17) is 4.74 Å². The van der Waals surface area contributed by atoms with Crippen LogP contribution in [0.1, 0.15) is 37.3 Å². The van der Waals surface area contributed by atoms with E-state index in [9.17, 15) is 18.3 Å². The second-order valence-corrected chi connectivity index (χ2v) is 12.2. The van der Waals surface area contributed by atoms with Crippen molar-refractivity contribution in [2.75, 3.05) is 17.8 Å². The Kier molecular flexibility index (Phi) is 5.95. The molecule has 1 aromatic heterocycles. The summed E-state index contributed by atoms with van der Waals surface area (Å²) >= 11 is 0. The molecule has 1 aliphatic carbocycles. The number of carbonyl (C=O) groups is 1. The van der Waals surface area contributed by atoms with E-state index < -0.39 is 15.3 Å². The van der Waals surface area contributed by atoms with Gasteiger partial charge in [-0.3, -0.25) is 4.79 Å². The van der Waals surface area contributed by atoms with Crippen LogP contribution in [-0.4, -0.2) is 47.3 Å². The summed E-state index contributed by atoms with van der Waals surface area (Å²) in [6, 6.07) is 20.0. The van der Waals surface area contributed by atoms with Crippen LogP contribution in [-0.2, 0) is 26.6 Å². The van der Waals surface area contributed by atoms with Crippen LogP contribution >= 0.6 is 0 Å². The predicted molar refractivity (Wildman–Crippen MR) is 146 cm³/mol. The molecule has 0 bridgehead atoms.